The smallest absolute Gasteiger partial charge is 0.279 e. The van der Waals surface area contributed by atoms with Gasteiger partial charge in [0.05, 0.1) is 34.8 Å². The van der Waals surface area contributed by atoms with Gasteiger partial charge in [-0.05, 0) is 37.5 Å². The summed E-state index contributed by atoms with van der Waals surface area (Å²) in [5.74, 6) is 0.0265. The number of aromatic nitrogens is 5. The maximum atomic E-state index is 13.0. The lowest BCUT2D eigenvalue weighted by Gasteiger charge is -2.26. The van der Waals surface area contributed by atoms with E-state index in [9.17, 15) is 9.59 Å². The quantitative estimate of drug-likeness (QED) is 0.526. The van der Waals surface area contributed by atoms with Gasteiger partial charge in [0.25, 0.3) is 11.5 Å². The number of fused-ring (bicyclic) bond motifs is 2. The van der Waals surface area contributed by atoms with Crippen LogP contribution in [-0.2, 0) is 7.05 Å². The monoisotopic (exact) mass is 388 g/mol. The summed E-state index contributed by atoms with van der Waals surface area (Å²) in [6.45, 7) is 1.59. The number of likely N-dealkylation sites (tertiary alicyclic amines) is 1. The van der Waals surface area contributed by atoms with Crippen LogP contribution in [0.3, 0.4) is 0 Å². The first-order valence-corrected chi connectivity index (χ1v) is 9.71. The minimum Gasteiger partial charge on any atom is -0.339 e. The molecule has 8 heteroatoms. The van der Waals surface area contributed by atoms with Crippen molar-refractivity contribution >= 4 is 22.5 Å². The second-order valence-corrected chi connectivity index (χ2v) is 7.37. The maximum Gasteiger partial charge on any atom is 0.279 e. The first-order valence-electron chi connectivity index (χ1n) is 9.71. The van der Waals surface area contributed by atoms with E-state index in [2.05, 4.69) is 15.1 Å². The van der Waals surface area contributed by atoms with Gasteiger partial charge in [0.2, 0.25) is 0 Å². The summed E-state index contributed by atoms with van der Waals surface area (Å²) in [5.41, 5.74) is 3.60. The number of rotatable bonds is 2. The highest BCUT2D eigenvalue weighted by molar-refractivity contribution is 6.01. The van der Waals surface area contributed by atoms with Crippen molar-refractivity contribution in [3.63, 3.8) is 0 Å². The maximum absolute atomic E-state index is 13.0. The Hall–Kier alpha value is -3.55. The molecule has 5 rings (SSSR count). The van der Waals surface area contributed by atoms with Crippen molar-refractivity contribution in [2.24, 2.45) is 7.05 Å². The van der Waals surface area contributed by atoms with Crippen LogP contribution in [0.2, 0.25) is 0 Å². The van der Waals surface area contributed by atoms with Crippen molar-refractivity contribution in [1.82, 2.24) is 29.0 Å². The fourth-order valence-corrected chi connectivity index (χ4v) is 3.89. The zero-order valence-electron chi connectivity index (χ0n) is 16.1. The first kappa shape index (κ1) is 17.5. The van der Waals surface area contributed by atoms with Crippen molar-refractivity contribution in [1.29, 1.82) is 0 Å². The van der Waals surface area contributed by atoms with Crippen molar-refractivity contribution in [2.45, 2.75) is 19.3 Å². The average Bonchev–Trinajstić information content (AvgIpc) is 3.20. The molecule has 0 atom stereocenters. The molecule has 1 fully saturated rings. The Kier molecular flexibility index (Phi) is 4.12. The van der Waals surface area contributed by atoms with Crippen LogP contribution in [0.4, 0.5) is 0 Å². The van der Waals surface area contributed by atoms with Gasteiger partial charge in [0.15, 0.2) is 5.52 Å². The van der Waals surface area contributed by atoms with Crippen LogP contribution in [0.15, 0.2) is 47.8 Å². The molecule has 4 aromatic rings. The topological polar surface area (TPSA) is 85.4 Å². The third-order valence-corrected chi connectivity index (χ3v) is 5.47. The highest BCUT2D eigenvalue weighted by atomic mass is 16.2. The molecule has 0 unspecified atom stereocenters. The van der Waals surface area contributed by atoms with Crippen molar-refractivity contribution < 1.29 is 4.79 Å². The summed E-state index contributed by atoms with van der Waals surface area (Å²) in [6.07, 6.45) is 8.04. The summed E-state index contributed by atoms with van der Waals surface area (Å²) in [7, 11) is 1.65. The predicted octanol–water partition coefficient (Wildman–Crippen LogP) is 2.27. The van der Waals surface area contributed by atoms with E-state index >= 15 is 0 Å². The molecule has 146 valence electrons. The van der Waals surface area contributed by atoms with E-state index in [1.165, 1.54) is 17.3 Å². The Morgan fingerprint density at radius 1 is 1.07 bits per heavy atom. The van der Waals surface area contributed by atoms with E-state index in [-0.39, 0.29) is 11.5 Å². The molecule has 0 N–H and O–H groups in total. The highest BCUT2D eigenvalue weighted by Gasteiger charge is 2.22. The third-order valence-electron chi connectivity index (χ3n) is 5.47. The van der Waals surface area contributed by atoms with Crippen LogP contribution in [0.1, 0.15) is 29.6 Å². The number of carbonyl (C=O) groups is 1. The van der Waals surface area contributed by atoms with Crippen LogP contribution in [0, 0.1) is 0 Å². The molecule has 1 saturated heterocycles. The summed E-state index contributed by atoms with van der Waals surface area (Å²) in [6, 6.07) is 7.54. The minimum absolute atomic E-state index is 0.0265. The number of amides is 1. The van der Waals surface area contributed by atoms with Gasteiger partial charge in [0.1, 0.15) is 0 Å². The number of nitrogens with zero attached hydrogens (tertiary/aromatic N) is 6. The SMILES string of the molecule is Cn1cnc2cc(-c3cccc4c(C(=O)N5CCCCC5)cnn34)cnc2c1=O. The van der Waals surface area contributed by atoms with E-state index in [0.717, 1.165) is 42.7 Å². The van der Waals surface area contributed by atoms with E-state index in [1.54, 1.807) is 24.0 Å². The lowest BCUT2D eigenvalue weighted by molar-refractivity contribution is 0.0726. The molecule has 0 spiro atoms. The van der Waals surface area contributed by atoms with Gasteiger partial charge in [-0.2, -0.15) is 5.10 Å². The van der Waals surface area contributed by atoms with Gasteiger partial charge < -0.3 is 9.47 Å². The largest absolute Gasteiger partial charge is 0.339 e. The Morgan fingerprint density at radius 2 is 1.90 bits per heavy atom. The second kappa shape index (κ2) is 6.80. The molecule has 0 radical (unpaired) electrons. The van der Waals surface area contributed by atoms with Crippen LogP contribution in [-0.4, -0.2) is 48.0 Å². The molecule has 0 bridgehead atoms. The van der Waals surface area contributed by atoms with Gasteiger partial charge in [-0.25, -0.2) is 14.5 Å². The molecule has 0 saturated carbocycles. The van der Waals surface area contributed by atoms with Crippen LogP contribution < -0.4 is 5.56 Å². The lowest BCUT2D eigenvalue weighted by Crippen LogP contribution is -2.35. The highest BCUT2D eigenvalue weighted by Crippen LogP contribution is 2.24. The lowest BCUT2D eigenvalue weighted by atomic mass is 10.1. The number of piperidine rings is 1. The molecular weight excluding hydrogens is 368 g/mol. The molecule has 29 heavy (non-hydrogen) atoms. The van der Waals surface area contributed by atoms with E-state index in [4.69, 9.17) is 0 Å². The van der Waals surface area contributed by atoms with E-state index in [1.807, 2.05) is 29.2 Å². The van der Waals surface area contributed by atoms with Gasteiger partial charge in [0, 0.05) is 31.9 Å². The Bertz CT molecular complexity index is 1300. The molecule has 1 aliphatic heterocycles. The standard InChI is InChI=1S/C21H20N6O2/c1-25-13-23-16-10-14(11-22-19(16)21(25)29)17-6-5-7-18-15(12-24-27(17)18)20(28)26-8-3-2-4-9-26/h5-7,10-13H,2-4,8-9H2,1H3. The average molecular weight is 388 g/mol. The van der Waals surface area contributed by atoms with E-state index in [0.29, 0.717) is 16.6 Å². The fourth-order valence-electron chi connectivity index (χ4n) is 3.89. The summed E-state index contributed by atoms with van der Waals surface area (Å²) in [4.78, 5) is 35.7. The van der Waals surface area contributed by atoms with Gasteiger partial charge >= 0.3 is 0 Å². The Morgan fingerprint density at radius 3 is 2.72 bits per heavy atom. The van der Waals surface area contributed by atoms with Gasteiger partial charge in [-0.3, -0.25) is 9.59 Å². The molecular formula is C21H20N6O2. The zero-order chi connectivity index (χ0) is 20.0. The summed E-state index contributed by atoms with van der Waals surface area (Å²) < 4.78 is 3.16. The molecule has 0 aromatic carbocycles. The Labute approximate surface area is 166 Å². The molecule has 1 amide bonds. The normalized spacial score (nSPS) is 14.6. The molecule has 5 heterocycles. The number of pyridine rings is 2. The third kappa shape index (κ3) is 2.88. The number of hydrogen-bond donors (Lipinski definition) is 0. The first-order chi connectivity index (χ1) is 14.1. The Balaban J connectivity index is 1.60. The van der Waals surface area contributed by atoms with E-state index < -0.39 is 0 Å². The number of aryl methyl sites for hydroxylation is 1. The van der Waals surface area contributed by atoms with Crippen molar-refractivity contribution in [3.8, 4) is 11.3 Å². The number of hydrogen-bond acceptors (Lipinski definition) is 5. The second-order valence-electron chi connectivity index (χ2n) is 7.37. The molecule has 8 nitrogen and oxygen atoms in total. The van der Waals surface area contributed by atoms with Crippen molar-refractivity contribution in [3.05, 3.63) is 58.9 Å². The van der Waals surface area contributed by atoms with Crippen molar-refractivity contribution in [2.75, 3.05) is 13.1 Å². The zero-order valence-corrected chi connectivity index (χ0v) is 16.1. The summed E-state index contributed by atoms with van der Waals surface area (Å²) >= 11 is 0. The van der Waals surface area contributed by atoms with Gasteiger partial charge in [-0.1, -0.05) is 6.07 Å². The van der Waals surface area contributed by atoms with Crippen LogP contribution in [0.25, 0.3) is 27.8 Å². The fraction of sp³-hybridized carbons (Fsp3) is 0.286. The van der Waals surface area contributed by atoms with Crippen LogP contribution in [0.5, 0.6) is 0 Å². The summed E-state index contributed by atoms with van der Waals surface area (Å²) in [5, 5.41) is 4.48. The predicted molar refractivity (Wildman–Crippen MR) is 109 cm³/mol. The van der Waals surface area contributed by atoms with Crippen LogP contribution >= 0.6 is 0 Å². The minimum atomic E-state index is -0.187. The number of carbonyl (C=O) groups excluding carboxylic acids is 1. The van der Waals surface area contributed by atoms with Gasteiger partial charge in [-0.15, -0.1) is 0 Å². The molecule has 0 aliphatic carbocycles. The molecule has 1 aliphatic rings. The molecule has 4 aromatic heterocycles.